The lowest BCUT2D eigenvalue weighted by molar-refractivity contribution is -0.122. The summed E-state index contributed by atoms with van der Waals surface area (Å²) in [6.07, 6.45) is 0.731. The highest BCUT2D eigenvalue weighted by molar-refractivity contribution is 6.30. The molecule has 0 spiro atoms. The molecule has 0 saturated carbocycles. The van der Waals surface area contributed by atoms with Gasteiger partial charge in [-0.2, -0.15) is 0 Å². The van der Waals surface area contributed by atoms with E-state index in [4.69, 9.17) is 0 Å². The molecule has 4 heteroatoms. The number of nitrogens with one attached hydrogen (secondary N) is 2. The van der Waals surface area contributed by atoms with Crippen molar-refractivity contribution in [2.24, 2.45) is 0 Å². The first-order valence-corrected chi connectivity index (χ1v) is 5.26. The van der Waals surface area contributed by atoms with Crippen LogP contribution in [-0.4, -0.2) is 26.4 Å². The van der Waals surface area contributed by atoms with E-state index in [2.05, 4.69) is 10.5 Å². The SMILES string of the molecule is CBN[C@@H](Cc1ccccc1)C(=O)NC. The average molecular weight is 204 g/mol. The smallest absolute Gasteiger partial charge is 0.236 e. The van der Waals surface area contributed by atoms with Crippen molar-refractivity contribution in [1.29, 1.82) is 0 Å². The molecule has 0 aliphatic carbocycles. The molecule has 1 rings (SSSR count). The Morgan fingerprint density at radius 3 is 2.60 bits per heavy atom. The monoisotopic (exact) mass is 204 g/mol. The highest BCUT2D eigenvalue weighted by Gasteiger charge is 2.15. The zero-order valence-corrected chi connectivity index (χ0v) is 9.29. The average Bonchev–Trinajstić information content (AvgIpc) is 2.29. The zero-order valence-electron chi connectivity index (χ0n) is 9.29. The van der Waals surface area contributed by atoms with Gasteiger partial charge in [0.05, 0.1) is 6.04 Å². The van der Waals surface area contributed by atoms with Gasteiger partial charge >= 0.3 is 0 Å². The molecule has 1 aromatic rings. The molecule has 1 aromatic carbocycles. The van der Waals surface area contributed by atoms with Gasteiger partial charge in [0.15, 0.2) is 7.41 Å². The van der Waals surface area contributed by atoms with Gasteiger partial charge in [-0.3, -0.25) is 4.79 Å². The molecule has 0 heterocycles. The molecule has 1 amide bonds. The summed E-state index contributed by atoms with van der Waals surface area (Å²) in [7, 11) is 2.46. The van der Waals surface area contributed by atoms with Crippen molar-refractivity contribution >= 4 is 13.3 Å². The van der Waals surface area contributed by atoms with Gasteiger partial charge in [0.2, 0.25) is 5.91 Å². The van der Waals surface area contributed by atoms with Crippen LogP contribution in [0, 0.1) is 0 Å². The fourth-order valence-electron chi connectivity index (χ4n) is 1.53. The van der Waals surface area contributed by atoms with Gasteiger partial charge in [-0.05, 0) is 12.0 Å². The van der Waals surface area contributed by atoms with Crippen LogP contribution >= 0.6 is 0 Å². The zero-order chi connectivity index (χ0) is 11.1. The summed E-state index contributed by atoms with van der Waals surface area (Å²) in [6, 6.07) is 9.89. The molecule has 15 heavy (non-hydrogen) atoms. The Morgan fingerprint density at radius 1 is 1.40 bits per heavy atom. The van der Waals surface area contributed by atoms with Gasteiger partial charge in [0.1, 0.15) is 0 Å². The van der Waals surface area contributed by atoms with Crippen LogP contribution in [0.25, 0.3) is 0 Å². The van der Waals surface area contributed by atoms with E-state index in [1.54, 1.807) is 7.05 Å². The van der Waals surface area contributed by atoms with E-state index in [-0.39, 0.29) is 11.9 Å². The van der Waals surface area contributed by atoms with Crippen LogP contribution in [0.4, 0.5) is 0 Å². The number of likely N-dealkylation sites (N-methyl/N-ethyl adjacent to an activating group) is 1. The molecule has 80 valence electrons. The lowest BCUT2D eigenvalue weighted by Gasteiger charge is -2.15. The normalized spacial score (nSPS) is 11.9. The Balaban J connectivity index is 2.62. The van der Waals surface area contributed by atoms with E-state index in [9.17, 15) is 4.79 Å². The summed E-state index contributed by atoms with van der Waals surface area (Å²) in [5.41, 5.74) is 1.17. The quantitative estimate of drug-likeness (QED) is 0.678. The Kier molecular flexibility index (Phi) is 4.91. The van der Waals surface area contributed by atoms with Crippen LogP contribution in [0.15, 0.2) is 30.3 Å². The van der Waals surface area contributed by atoms with Crippen molar-refractivity contribution in [2.45, 2.75) is 19.3 Å². The minimum absolute atomic E-state index is 0.0423. The maximum Gasteiger partial charge on any atom is 0.236 e. The van der Waals surface area contributed by atoms with Crippen LogP contribution in [-0.2, 0) is 11.2 Å². The van der Waals surface area contributed by atoms with Crippen molar-refractivity contribution in [3.05, 3.63) is 35.9 Å². The first-order valence-electron chi connectivity index (χ1n) is 5.26. The lowest BCUT2D eigenvalue weighted by Crippen LogP contribution is -2.45. The summed E-state index contributed by atoms with van der Waals surface area (Å²) >= 11 is 0. The molecule has 0 saturated heterocycles. The summed E-state index contributed by atoms with van der Waals surface area (Å²) in [5, 5.41) is 5.84. The van der Waals surface area contributed by atoms with E-state index in [0.29, 0.717) is 0 Å². The number of rotatable bonds is 5. The van der Waals surface area contributed by atoms with Crippen LogP contribution in [0.2, 0.25) is 6.82 Å². The van der Waals surface area contributed by atoms with E-state index in [0.717, 1.165) is 13.8 Å². The topological polar surface area (TPSA) is 41.1 Å². The van der Waals surface area contributed by atoms with Crippen LogP contribution < -0.4 is 10.5 Å². The predicted molar refractivity (Wildman–Crippen MR) is 64.1 cm³/mol. The van der Waals surface area contributed by atoms with E-state index in [1.807, 2.05) is 37.2 Å². The second-order valence-electron chi connectivity index (χ2n) is 3.41. The Morgan fingerprint density at radius 2 is 2.07 bits per heavy atom. The van der Waals surface area contributed by atoms with E-state index in [1.165, 1.54) is 5.56 Å². The minimum Gasteiger partial charge on any atom is -0.358 e. The third kappa shape index (κ3) is 3.76. The van der Waals surface area contributed by atoms with Crippen molar-refractivity contribution in [2.75, 3.05) is 7.05 Å². The largest absolute Gasteiger partial charge is 0.358 e. The molecule has 0 unspecified atom stereocenters. The summed E-state index contributed by atoms with van der Waals surface area (Å²) < 4.78 is 0. The van der Waals surface area contributed by atoms with Crippen LogP contribution in [0.3, 0.4) is 0 Å². The lowest BCUT2D eigenvalue weighted by atomic mass is 9.94. The molecular formula is C11H17BN2O. The molecule has 1 atom stereocenters. The standard InChI is InChI=1S/C11H17BN2O/c1-12-14-10(11(15)13-2)8-9-6-4-3-5-7-9/h3-7,10,12,14H,8H2,1-2H3,(H,13,15)/t10-/m0/s1. The van der Waals surface area contributed by atoms with Crippen molar-refractivity contribution in [1.82, 2.24) is 10.5 Å². The number of carbonyl (C=O) groups excluding carboxylic acids is 1. The maximum atomic E-state index is 11.5. The summed E-state index contributed by atoms with van der Waals surface area (Å²) in [6.45, 7) is 2.00. The summed E-state index contributed by atoms with van der Waals surface area (Å²) in [5.74, 6) is 0.0423. The van der Waals surface area contributed by atoms with Gasteiger partial charge in [0, 0.05) is 7.05 Å². The van der Waals surface area contributed by atoms with Gasteiger partial charge in [-0.25, -0.2) is 0 Å². The van der Waals surface area contributed by atoms with Crippen molar-refractivity contribution in [3.8, 4) is 0 Å². The fraction of sp³-hybridized carbons (Fsp3) is 0.364. The molecule has 0 aromatic heterocycles. The second kappa shape index (κ2) is 6.25. The third-order valence-electron chi connectivity index (χ3n) is 2.30. The number of hydrogen-bond donors (Lipinski definition) is 2. The van der Waals surface area contributed by atoms with Crippen molar-refractivity contribution in [3.63, 3.8) is 0 Å². The molecule has 0 aliphatic rings. The van der Waals surface area contributed by atoms with Crippen LogP contribution in [0.1, 0.15) is 5.56 Å². The van der Waals surface area contributed by atoms with Gasteiger partial charge in [-0.15, -0.1) is 0 Å². The van der Waals surface area contributed by atoms with Gasteiger partial charge < -0.3 is 10.5 Å². The first kappa shape index (κ1) is 11.8. The molecular weight excluding hydrogens is 187 g/mol. The highest BCUT2D eigenvalue weighted by Crippen LogP contribution is 2.02. The molecule has 0 bridgehead atoms. The Hall–Kier alpha value is -1.29. The number of benzene rings is 1. The van der Waals surface area contributed by atoms with Gasteiger partial charge in [0.25, 0.3) is 0 Å². The van der Waals surface area contributed by atoms with E-state index >= 15 is 0 Å². The molecule has 3 nitrogen and oxygen atoms in total. The molecule has 0 radical (unpaired) electrons. The Bertz CT molecular complexity index is 303. The fourth-order valence-corrected chi connectivity index (χ4v) is 1.53. The predicted octanol–water partition coefficient (Wildman–Crippen LogP) is 0.333. The highest BCUT2D eigenvalue weighted by atomic mass is 16.2. The second-order valence-corrected chi connectivity index (χ2v) is 3.41. The third-order valence-corrected chi connectivity index (χ3v) is 2.30. The molecule has 0 fully saturated rings. The number of hydrogen-bond acceptors (Lipinski definition) is 2. The molecule has 2 N–H and O–H groups in total. The number of amides is 1. The van der Waals surface area contributed by atoms with E-state index < -0.39 is 0 Å². The minimum atomic E-state index is -0.137. The Labute approximate surface area is 91.5 Å². The maximum absolute atomic E-state index is 11.5. The number of carbonyl (C=O) groups is 1. The van der Waals surface area contributed by atoms with Crippen LogP contribution in [0.5, 0.6) is 0 Å². The summed E-state index contributed by atoms with van der Waals surface area (Å²) in [4.78, 5) is 11.5. The molecule has 0 aliphatic heterocycles. The first-order chi connectivity index (χ1) is 7.27. The van der Waals surface area contributed by atoms with Crippen molar-refractivity contribution < 1.29 is 4.79 Å². The van der Waals surface area contributed by atoms with Gasteiger partial charge in [-0.1, -0.05) is 37.2 Å².